The topological polar surface area (TPSA) is 43.1 Å². The molecule has 110 valence electrons. The van der Waals surface area contributed by atoms with Crippen LogP contribution in [0.5, 0.6) is 0 Å². The minimum atomic E-state index is 0.105. The minimum Gasteiger partial charge on any atom is -0.326 e. The van der Waals surface area contributed by atoms with Gasteiger partial charge in [0.15, 0.2) is 6.29 Å². The van der Waals surface area contributed by atoms with Crippen molar-refractivity contribution in [3.63, 3.8) is 0 Å². The van der Waals surface area contributed by atoms with Crippen LogP contribution in [-0.4, -0.2) is 6.29 Å². The molecule has 0 aliphatic carbocycles. The van der Waals surface area contributed by atoms with Gasteiger partial charge in [-0.25, -0.2) is 0 Å². The van der Waals surface area contributed by atoms with Crippen molar-refractivity contribution in [2.45, 2.75) is 42.5 Å². The molecule has 0 fully saturated rings. The number of rotatable bonds is 4. The molecule has 2 N–H and O–H groups in total. The van der Waals surface area contributed by atoms with E-state index >= 15 is 0 Å². The molecule has 0 bridgehead atoms. The smallest absolute Gasteiger partial charge is 0.151 e. The van der Waals surface area contributed by atoms with E-state index in [9.17, 15) is 4.79 Å². The second-order valence-electron chi connectivity index (χ2n) is 6.03. The standard InChI is InChI=1S/C18H21NOS/c1-18(2,3)15-8-9-17(14(10-15)11-19)21-16-7-5-4-6-13(16)12-20/h4-10,12H,11,19H2,1-3H3. The van der Waals surface area contributed by atoms with Crippen LogP contribution in [0.3, 0.4) is 0 Å². The van der Waals surface area contributed by atoms with Gasteiger partial charge in [0.25, 0.3) is 0 Å². The van der Waals surface area contributed by atoms with E-state index in [1.54, 1.807) is 11.8 Å². The van der Waals surface area contributed by atoms with Gasteiger partial charge in [0.2, 0.25) is 0 Å². The van der Waals surface area contributed by atoms with Crippen molar-refractivity contribution >= 4 is 18.0 Å². The maximum Gasteiger partial charge on any atom is 0.151 e. The summed E-state index contributed by atoms with van der Waals surface area (Å²) >= 11 is 1.60. The van der Waals surface area contributed by atoms with E-state index in [0.717, 1.165) is 21.6 Å². The first-order valence-electron chi connectivity index (χ1n) is 7.01. The molecule has 2 rings (SSSR count). The molecule has 0 radical (unpaired) electrons. The van der Waals surface area contributed by atoms with Crippen molar-refractivity contribution in [1.82, 2.24) is 0 Å². The molecule has 2 nitrogen and oxygen atoms in total. The fraction of sp³-hybridized carbons (Fsp3) is 0.278. The summed E-state index contributed by atoms with van der Waals surface area (Å²) in [6, 6.07) is 14.0. The van der Waals surface area contributed by atoms with Crippen LogP contribution in [0.15, 0.2) is 52.3 Å². The molecule has 0 saturated carbocycles. The van der Waals surface area contributed by atoms with Gasteiger partial charge in [-0.15, -0.1) is 0 Å². The number of aldehydes is 1. The lowest BCUT2D eigenvalue weighted by Gasteiger charge is -2.21. The lowest BCUT2D eigenvalue weighted by atomic mass is 9.86. The van der Waals surface area contributed by atoms with Crippen LogP contribution in [0.4, 0.5) is 0 Å². The Hall–Kier alpha value is -1.58. The summed E-state index contributed by atoms with van der Waals surface area (Å²) in [4.78, 5) is 13.2. The maximum atomic E-state index is 11.1. The van der Waals surface area contributed by atoms with E-state index in [1.807, 2.05) is 24.3 Å². The van der Waals surface area contributed by atoms with Crippen LogP contribution >= 0.6 is 11.8 Å². The molecule has 0 unspecified atom stereocenters. The summed E-state index contributed by atoms with van der Waals surface area (Å²) < 4.78 is 0. The predicted octanol–water partition coefficient (Wildman–Crippen LogP) is 4.41. The van der Waals surface area contributed by atoms with Crippen LogP contribution in [0.1, 0.15) is 42.3 Å². The fourth-order valence-corrected chi connectivity index (χ4v) is 3.12. The third kappa shape index (κ3) is 3.74. The van der Waals surface area contributed by atoms with E-state index in [1.165, 1.54) is 5.56 Å². The summed E-state index contributed by atoms with van der Waals surface area (Å²) in [6.07, 6.45) is 0.897. The molecule has 0 aliphatic heterocycles. The highest BCUT2D eigenvalue weighted by Gasteiger charge is 2.16. The average Bonchev–Trinajstić information content (AvgIpc) is 2.47. The normalized spacial score (nSPS) is 11.4. The highest BCUT2D eigenvalue weighted by atomic mass is 32.2. The number of hydrogen-bond acceptors (Lipinski definition) is 3. The molecular formula is C18H21NOS. The summed E-state index contributed by atoms with van der Waals surface area (Å²) in [7, 11) is 0. The molecule has 0 atom stereocenters. The van der Waals surface area contributed by atoms with Gasteiger partial charge < -0.3 is 5.73 Å². The molecule has 2 aromatic rings. The summed E-state index contributed by atoms with van der Waals surface area (Å²) in [5.41, 5.74) is 9.12. The molecule has 0 aromatic heterocycles. The first kappa shape index (κ1) is 15.8. The Labute approximate surface area is 130 Å². The average molecular weight is 299 g/mol. The van der Waals surface area contributed by atoms with Crippen molar-refractivity contribution in [3.8, 4) is 0 Å². The molecule has 21 heavy (non-hydrogen) atoms. The molecule has 0 amide bonds. The van der Waals surface area contributed by atoms with E-state index in [2.05, 4.69) is 39.0 Å². The Morgan fingerprint density at radius 2 is 1.81 bits per heavy atom. The molecule has 0 heterocycles. The predicted molar refractivity (Wildman–Crippen MR) is 89.0 cm³/mol. The quantitative estimate of drug-likeness (QED) is 0.851. The largest absolute Gasteiger partial charge is 0.326 e. The van der Waals surface area contributed by atoms with Crippen molar-refractivity contribution in [2.75, 3.05) is 0 Å². The Balaban J connectivity index is 2.38. The molecule has 3 heteroatoms. The van der Waals surface area contributed by atoms with Crippen LogP contribution < -0.4 is 5.73 Å². The Kier molecular flexibility index (Phi) is 4.86. The minimum absolute atomic E-state index is 0.105. The van der Waals surface area contributed by atoms with Gasteiger partial charge in [-0.05, 0) is 28.7 Å². The number of carbonyl (C=O) groups excluding carboxylic acids is 1. The lowest BCUT2D eigenvalue weighted by molar-refractivity contribution is 0.112. The maximum absolute atomic E-state index is 11.1. The molecule has 0 spiro atoms. The Morgan fingerprint density at radius 1 is 1.10 bits per heavy atom. The second-order valence-corrected chi connectivity index (χ2v) is 7.12. The fourth-order valence-electron chi connectivity index (χ4n) is 2.09. The van der Waals surface area contributed by atoms with Crippen molar-refractivity contribution < 1.29 is 4.79 Å². The SMILES string of the molecule is CC(C)(C)c1ccc(Sc2ccccc2C=O)c(CN)c1. The van der Waals surface area contributed by atoms with Gasteiger partial charge in [-0.2, -0.15) is 0 Å². The third-order valence-electron chi connectivity index (χ3n) is 3.41. The molecular weight excluding hydrogens is 278 g/mol. The lowest BCUT2D eigenvalue weighted by Crippen LogP contribution is -2.12. The number of nitrogens with two attached hydrogens (primary N) is 1. The van der Waals surface area contributed by atoms with Crippen LogP contribution in [0.2, 0.25) is 0 Å². The summed E-state index contributed by atoms with van der Waals surface area (Å²) in [5.74, 6) is 0. The van der Waals surface area contributed by atoms with Gasteiger partial charge in [0.05, 0.1) is 0 Å². The van der Waals surface area contributed by atoms with Crippen molar-refractivity contribution in [3.05, 3.63) is 59.2 Å². The van der Waals surface area contributed by atoms with E-state index in [0.29, 0.717) is 12.1 Å². The molecule has 2 aromatic carbocycles. The summed E-state index contributed by atoms with van der Waals surface area (Å²) in [5, 5.41) is 0. The highest BCUT2D eigenvalue weighted by molar-refractivity contribution is 7.99. The molecule has 0 saturated heterocycles. The third-order valence-corrected chi connectivity index (χ3v) is 4.62. The second kappa shape index (κ2) is 6.46. The van der Waals surface area contributed by atoms with Crippen LogP contribution in [0, 0.1) is 0 Å². The van der Waals surface area contributed by atoms with Gasteiger partial charge in [-0.1, -0.05) is 62.9 Å². The van der Waals surface area contributed by atoms with Crippen molar-refractivity contribution in [2.24, 2.45) is 5.73 Å². The van der Waals surface area contributed by atoms with Crippen molar-refractivity contribution in [1.29, 1.82) is 0 Å². The van der Waals surface area contributed by atoms with Gasteiger partial charge >= 0.3 is 0 Å². The van der Waals surface area contributed by atoms with Crippen LogP contribution in [0.25, 0.3) is 0 Å². The number of carbonyl (C=O) groups is 1. The van der Waals surface area contributed by atoms with E-state index in [-0.39, 0.29) is 5.41 Å². The summed E-state index contributed by atoms with van der Waals surface area (Å²) in [6.45, 7) is 7.07. The zero-order chi connectivity index (χ0) is 15.5. The molecule has 0 aliphatic rings. The Morgan fingerprint density at radius 3 is 2.43 bits per heavy atom. The number of hydrogen-bond donors (Lipinski definition) is 1. The zero-order valence-electron chi connectivity index (χ0n) is 12.7. The highest BCUT2D eigenvalue weighted by Crippen LogP contribution is 2.34. The van der Waals surface area contributed by atoms with Gasteiger partial charge in [0, 0.05) is 21.9 Å². The number of benzene rings is 2. The van der Waals surface area contributed by atoms with Gasteiger partial charge in [-0.3, -0.25) is 4.79 Å². The zero-order valence-corrected chi connectivity index (χ0v) is 13.5. The van der Waals surface area contributed by atoms with E-state index in [4.69, 9.17) is 5.73 Å². The first-order valence-corrected chi connectivity index (χ1v) is 7.83. The first-order chi connectivity index (χ1) is 9.95. The Bertz CT molecular complexity index is 644. The monoisotopic (exact) mass is 299 g/mol. The van der Waals surface area contributed by atoms with Gasteiger partial charge in [0.1, 0.15) is 0 Å². The van der Waals surface area contributed by atoms with Crippen LogP contribution in [-0.2, 0) is 12.0 Å². The van der Waals surface area contributed by atoms with E-state index < -0.39 is 0 Å².